The van der Waals surface area contributed by atoms with Gasteiger partial charge in [0.05, 0.1) is 11.4 Å². The zero-order chi connectivity index (χ0) is 30.5. The quantitative estimate of drug-likeness (QED) is 0.199. The Morgan fingerprint density at radius 3 is 1.85 bits per heavy atom. The van der Waals surface area contributed by atoms with Crippen molar-refractivity contribution >= 4 is 60.5 Å². The normalized spacial score (nSPS) is 11.5. The minimum absolute atomic E-state index is 0.890. The summed E-state index contributed by atoms with van der Waals surface area (Å²) in [6.45, 7) is 0. The Hall–Kier alpha value is -6.12. The third kappa shape index (κ3) is 4.27. The Morgan fingerprint density at radius 1 is 0.391 bits per heavy atom. The number of furan rings is 1. The van der Waals surface area contributed by atoms with E-state index in [1.54, 1.807) is 0 Å². The molecule has 46 heavy (non-hydrogen) atoms. The zero-order valence-corrected chi connectivity index (χ0v) is 25.1. The molecule has 0 radical (unpaired) electrons. The van der Waals surface area contributed by atoms with E-state index in [0.717, 1.165) is 49.8 Å². The summed E-state index contributed by atoms with van der Waals surface area (Å²) in [4.78, 5) is 2.43. The van der Waals surface area contributed by atoms with Gasteiger partial charge >= 0.3 is 0 Å². The molecule has 0 fully saturated rings. The Kier molecular flexibility index (Phi) is 6.17. The number of hydrogen-bond donors (Lipinski definition) is 0. The van der Waals surface area contributed by atoms with Gasteiger partial charge in [-0.3, -0.25) is 0 Å². The van der Waals surface area contributed by atoms with Crippen LogP contribution >= 0.6 is 0 Å². The number of rotatable bonds is 5. The van der Waals surface area contributed by atoms with Crippen molar-refractivity contribution in [3.63, 3.8) is 0 Å². The van der Waals surface area contributed by atoms with Gasteiger partial charge in [-0.25, -0.2) is 0 Å². The first kappa shape index (κ1) is 26.3. The van der Waals surface area contributed by atoms with E-state index in [1.807, 2.05) is 0 Å². The second kappa shape index (κ2) is 10.8. The summed E-state index contributed by atoms with van der Waals surface area (Å²) in [5.41, 5.74) is 9.84. The summed E-state index contributed by atoms with van der Waals surface area (Å²) >= 11 is 0. The minimum atomic E-state index is 0.890. The molecule has 0 aliphatic heterocycles. The van der Waals surface area contributed by atoms with Gasteiger partial charge < -0.3 is 9.32 Å². The molecule has 0 spiro atoms. The van der Waals surface area contributed by atoms with Gasteiger partial charge in [0, 0.05) is 32.6 Å². The van der Waals surface area contributed by atoms with Crippen LogP contribution in [0.1, 0.15) is 0 Å². The van der Waals surface area contributed by atoms with Crippen LogP contribution in [0, 0.1) is 0 Å². The average molecular weight is 588 g/mol. The molecule has 1 heterocycles. The van der Waals surface area contributed by atoms with Crippen LogP contribution in [-0.4, -0.2) is 0 Å². The van der Waals surface area contributed by atoms with Gasteiger partial charge in [-0.15, -0.1) is 0 Å². The average Bonchev–Trinajstić information content (AvgIpc) is 3.52. The van der Waals surface area contributed by atoms with E-state index in [4.69, 9.17) is 4.42 Å². The molecule has 8 aromatic carbocycles. The highest BCUT2D eigenvalue weighted by molar-refractivity contribution is 6.23. The number of nitrogens with zero attached hydrogens (tertiary/aromatic N) is 1. The van der Waals surface area contributed by atoms with Crippen molar-refractivity contribution in [1.82, 2.24) is 0 Å². The van der Waals surface area contributed by atoms with Crippen molar-refractivity contribution in [2.45, 2.75) is 0 Å². The van der Waals surface area contributed by atoms with E-state index >= 15 is 0 Å². The van der Waals surface area contributed by atoms with E-state index in [1.165, 1.54) is 33.0 Å². The van der Waals surface area contributed by atoms with Crippen molar-refractivity contribution < 1.29 is 4.42 Å². The maximum atomic E-state index is 6.70. The molecule has 0 bridgehead atoms. The summed E-state index contributed by atoms with van der Waals surface area (Å²) < 4.78 is 6.70. The summed E-state index contributed by atoms with van der Waals surface area (Å²) in [6, 6.07) is 62.7. The molecule has 2 heteroatoms. The SMILES string of the molecule is c1ccc(-c2cccc(N(c3cccc4ccccc34)c3cc4c(oc5cccc(-c6ccccc6)c54)c4ccccc34)c2)cc1. The molecule has 0 saturated carbocycles. The van der Waals surface area contributed by atoms with Crippen LogP contribution in [0.5, 0.6) is 0 Å². The van der Waals surface area contributed by atoms with E-state index < -0.39 is 0 Å². The van der Waals surface area contributed by atoms with Crippen molar-refractivity contribution in [1.29, 1.82) is 0 Å². The van der Waals surface area contributed by atoms with E-state index in [2.05, 4.69) is 181 Å². The summed E-state index contributed by atoms with van der Waals surface area (Å²) in [5, 5.41) is 6.86. The number of benzene rings is 8. The van der Waals surface area contributed by atoms with E-state index in [0.29, 0.717) is 0 Å². The van der Waals surface area contributed by atoms with Crippen molar-refractivity contribution in [3.05, 3.63) is 176 Å². The molecule has 0 aliphatic rings. The number of anilines is 3. The second-order valence-corrected chi connectivity index (χ2v) is 11.7. The molecule has 0 unspecified atom stereocenters. The lowest BCUT2D eigenvalue weighted by Crippen LogP contribution is -2.11. The lowest BCUT2D eigenvalue weighted by molar-refractivity contribution is 0.673. The third-order valence-electron chi connectivity index (χ3n) is 9.03. The van der Waals surface area contributed by atoms with Gasteiger partial charge in [0.2, 0.25) is 0 Å². The predicted molar refractivity (Wildman–Crippen MR) is 194 cm³/mol. The van der Waals surface area contributed by atoms with Crippen LogP contribution in [0.25, 0.3) is 65.7 Å². The first-order chi connectivity index (χ1) is 22.8. The summed E-state index contributed by atoms with van der Waals surface area (Å²) in [6.07, 6.45) is 0. The topological polar surface area (TPSA) is 16.4 Å². The molecule has 0 N–H and O–H groups in total. The largest absolute Gasteiger partial charge is 0.455 e. The maximum Gasteiger partial charge on any atom is 0.143 e. The highest BCUT2D eigenvalue weighted by atomic mass is 16.3. The smallest absolute Gasteiger partial charge is 0.143 e. The molecular weight excluding hydrogens is 558 g/mol. The predicted octanol–water partition coefficient (Wildman–Crippen LogP) is 12.7. The van der Waals surface area contributed by atoms with Gasteiger partial charge in [-0.1, -0.05) is 146 Å². The van der Waals surface area contributed by atoms with Crippen molar-refractivity contribution in [2.24, 2.45) is 0 Å². The van der Waals surface area contributed by atoms with Crippen LogP contribution in [0.2, 0.25) is 0 Å². The first-order valence-electron chi connectivity index (χ1n) is 15.7. The molecule has 0 amide bonds. The van der Waals surface area contributed by atoms with Crippen LogP contribution in [0.15, 0.2) is 180 Å². The Bertz CT molecular complexity index is 2520. The highest BCUT2D eigenvalue weighted by Gasteiger charge is 2.23. The monoisotopic (exact) mass is 587 g/mol. The molecule has 9 aromatic rings. The number of hydrogen-bond acceptors (Lipinski definition) is 2. The molecule has 216 valence electrons. The van der Waals surface area contributed by atoms with Gasteiger partial charge in [0.25, 0.3) is 0 Å². The van der Waals surface area contributed by atoms with Crippen LogP contribution in [-0.2, 0) is 0 Å². The van der Waals surface area contributed by atoms with Gasteiger partial charge in [-0.05, 0) is 58.0 Å². The highest BCUT2D eigenvalue weighted by Crippen LogP contribution is 2.47. The van der Waals surface area contributed by atoms with Gasteiger partial charge in [-0.2, -0.15) is 0 Å². The lowest BCUT2D eigenvalue weighted by atomic mass is 9.96. The molecule has 1 aromatic heterocycles. The fourth-order valence-electron chi connectivity index (χ4n) is 6.94. The Labute approximate surface area is 267 Å². The van der Waals surface area contributed by atoms with Crippen LogP contribution in [0.3, 0.4) is 0 Å². The van der Waals surface area contributed by atoms with E-state index in [9.17, 15) is 0 Å². The Morgan fingerprint density at radius 2 is 1.02 bits per heavy atom. The van der Waals surface area contributed by atoms with Crippen molar-refractivity contribution in [3.8, 4) is 22.3 Å². The molecule has 9 rings (SSSR count). The lowest BCUT2D eigenvalue weighted by Gasteiger charge is -2.28. The molecule has 0 aliphatic carbocycles. The fourth-order valence-corrected chi connectivity index (χ4v) is 6.94. The van der Waals surface area contributed by atoms with Crippen LogP contribution in [0.4, 0.5) is 17.1 Å². The standard InChI is InChI=1S/C44H29NO/c1-3-14-30(15-4-1)33-20-11-21-34(28-33)45(40-26-12-19-31-18-7-8-22-35(31)40)41-29-39-43-36(32-16-5-2-6-17-32)25-13-27-42(43)46-44(39)38-24-10-9-23-37(38)41/h1-29H. The second-order valence-electron chi connectivity index (χ2n) is 11.7. The van der Waals surface area contributed by atoms with Crippen molar-refractivity contribution in [2.75, 3.05) is 4.90 Å². The zero-order valence-electron chi connectivity index (χ0n) is 25.1. The van der Waals surface area contributed by atoms with Crippen LogP contribution < -0.4 is 4.90 Å². The molecular formula is C44H29NO. The fraction of sp³-hybridized carbons (Fsp3) is 0. The maximum absolute atomic E-state index is 6.70. The van der Waals surface area contributed by atoms with Gasteiger partial charge in [0.1, 0.15) is 11.2 Å². The Balaban J connectivity index is 1.40. The molecule has 0 atom stereocenters. The summed E-state index contributed by atoms with van der Waals surface area (Å²) in [5.74, 6) is 0. The molecule has 2 nitrogen and oxygen atoms in total. The minimum Gasteiger partial charge on any atom is -0.455 e. The first-order valence-corrected chi connectivity index (χ1v) is 15.7. The third-order valence-corrected chi connectivity index (χ3v) is 9.03. The van der Waals surface area contributed by atoms with Gasteiger partial charge in [0.15, 0.2) is 0 Å². The summed E-state index contributed by atoms with van der Waals surface area (Å²) in [7, 11) is 0. The number of fused-ring (bicyclic) bond motifs is 6. The molecule has 0 saturated heterocycles. The van der Waals surface area contributed by atoms with E-state index in [-0.39, 0.29) is 0 Å².